The van der Waals surface area contributed by atoms with Gasteiger partial charge >= 0.3 is 12.3 Å². The SMILES string of the molecule is COC1=C(C(=O)c2ccc(OC(F)(F)F)s2)CC2=NC(C)=C(CC(=O)O)C2=C1Cl. The Labute approximate surface area is 171 Å². The Hall–Kier alpha value is -2.59. The van der Waals surface area contributed by atoms with E-state index in [1.807, 2.05) is 0 Å². The van der Waals surface area contributed by atoms with Crippen molar-refractivity contribution in [2.24, 2.45) is 4.99 Å². The number of Topliss-reactive ketones (excluding diaryl/α,β-unsaturated/α-hetero) is 1. The van der Waals surface area contributed by atoms with Gasteiger partial charge in [-0.2, -0.15) is 0 Å². The summed E-state index contributed by atoms with van der Waals surface area (Å²) in [4.78, 5) is 28.4. The first-order valence-corrected chi connectivity index (χ1v) is 9.28. The molecule has 0 saturated carbocycles. The van der Waals surface area contributed by atoms with E-state index in [1.165, 1.54) is 13.2 Å². The quantitative estimate of drug-likeness (QED) is 0.631. The van der Waals surface area contributed by atoms with Crippen LogP contribution in [0.2, 0.25) is 0 Å². The average Bonchev–Trinajstić information content (AvgIpc) is 3.17. The minimum absolute atomic E-state index is 0.00137. The predicted molar refractivity (Wildman–Crippen MR) is 99.3 cm³/mol. The number of hydrogen-bond acceptors (Lipinski definition) is 6. The number of carbonyl (C=O) groups excluding carboxylic acids is 1. The third-order valence-electron chi connectivity index (χ3n) is 4.19. The lowest BCUT2D eigenvalue weighted by molar-refractivity contribution is -0.273. The van der Waals surface area contributed by atoms with Crippen LogP contribution < -0.4 is 4.74 Å². The van der Waals surface area contributed by atoms with Crippen molar-refractivity contribution in [1.82, 2.24) is 0 Å². The van der Waals surface area contributed by atoms with Gasteiger partial charge < -0.3 is 14.6 Å². The number of nitrogens with zero attached hydrogens (tertiary/aromatic N) is 1. The first kappa shape index (κ1) is 21.1. The first-order valence-electron chi connectivity index (χ1n) is 8.09. The molecule has 0 radical (unpaired) electrons. The second-order valence-corrected chi connectivity index (χ2v) is 7.49. The fourth-order valence-electron chi connectivity index (χ4n) is 3.09. The molecule has 1 aliphatic heterocycles. The molecule has 1 N–H and O–H groups in total. The number of carbonyl (C=O) groups is 2. The van der Waals surface area contributed by atoms with Gasteiger partial charge in [0.15, 0.2) is 5.06 Å². The van der Waals surface area contributed by atoms with Crippen molar-refractivity contribution in [3.8, 4) is 5.06 Å². The van der Waals surface area contributed by atoms with Crippen LogP contribution >= 0.6 is 22.9 Å². The number of allylic oxidation sites excluding steroid dienone is 4. The van der Waals surface area contributed by atoms with Crippen molar-refractivity contribution in [2.45, 2.75) is 26.1 Å². The summed E-state index contributed by atoms with van der Waals surface area (Å²) in [5.41, 5.74) is 1.83. The lowest BCUT2D eigenvalue weighted by Gasteiger charge is -2.21. The number of ether oxygens (including phenoxy) is 2. The van der Waals surface area contributed by atoms with Gasteiger partial charge in [-0.15, -0.1) is 13.2 Å². The Morgan fingerprint density at radius 1 is 1.34 bits per heavy atom. The van der Waals surface area contributed by atoms with Crippen LogP contribution in [0.5, 0.6) is 5.06 Å². The number of rotatable bonds is 6. The molecule has 154 valence electrons. The molecular formula is C18H13ClF3NO5S. The number of halogens is 4. The zero-order valence-corrected chi connectivity index (χ0v) is 16.6. The molecule has 2 aliphatic rings. The molecule has 3 rings (SSSR count). The molecule has 29 heavy (non-hydrogen) atoms. The lowest BCUT2D eigenvalue weighted by Crippen LogP contribution is -2.19. The normalized spacial score (nSPS) is 16.8. The van der Waals surface area contributed by atoms with Crippen LogP contribution in [0.25, 0.3) is 0 Å². The largest absolute Gasteiger partial charge is 0.573 e. The van der Waals surface area contributed by atoms with Gasteiger partial charge in [0, 0.05) is 17.7 Å². The number of fused-ring (bicyclic) bond motifs is 1. The number of alkyl halides is 3. The highest BCUT2D eigenvalue weighted by atomic mass is 35.5. The number of carboxylic acids is 1. The van der Waals surface area contributed by atoms with Crippen molar-refractivity contribution in [3.63, 3.8) is 0 Å². The third kappa shape index (κ3) is 4.23. The minimum atomic E-state index is -4.86. The van der Waals surface area contributed by atoms with Crippen molar-refractivity contribution in [1.29, 1.82) is 0 Å². The number of methoxy groups -OCH3 is 1. The molecule has 1 aromatic rings. The van der Waals surface area contributed by atoms with Gasteiger partial charge in [-0.1, -0.05) is 22.9 Å². The molecule has 11 heteroatoms. The molecule has 0 atom stereocenters. The number of ketones is 1. The third-order valence-corrected chi connectivity index (χ3v) is 5.52. The van der Waals surface area contributed by atoms with Gasteiger partial charge in [-0.3, -0.25) is 14.6 Å². The summed E-state index contributed by atoms with van der Waals surface area (Å²) in [5.74, 6) is -1.60. The zero-order chi connectivity index (χ0) is 21.5. The van der Waals surface area contributed by atoms with Crippen molar-refractivity contribution in [3.05, 3.63) is 50.2 Å². The van der Waals surface area contributed by atoms with Crippen LogP contribution in [0.15, 0.2) is 50.3 Å². The van der Waals surface area contributed by atoms with E-state index in [0.29, 0.717) is 33.9 Å². The molecule has 1 aliphatic carbocycles. The van der Waals surface area contributed by atoms with Gasteiger partial charge in [-0.25, -0.2) is 0 Å². The summed E-state index contributed by atoms with van der Waals surface area (Å²) in [5, 5.41) is 8.69. The number of aliphatic carboxylic acids is 1. The van der Waals surface area contributed by atoms with Crippen LogP contribution in [0.3, 0.4) is 0 Å². The summed E-state index contributed by atoms with van der Waals surface area (Å²) in [6.07, 6.45) is -5.16. The maximum atomic E-state index is 12.9. The van der Waals surface area contributed by atoms with Crippen molar-refractivity contribution < 1.29 is 37.3 Å². The van der Waals surface area contributed by atoms with E-state index in [1.54, 1.807) is 6.92 Å². The molecule has 0 saturated heterocycles. The molecule has 0 spiro atoms. The molecule has 6 nitrogen and oxygen atoms in total. The van der Waals surface area contributed by atoms with Gasteiger partial charge in [0.25, 0.3) is 0 Å². The molecule has 0 amide bonds. The van der Waals surface area contributed by atoms with E-state index >= 15 is 0 Å². The van der Waals surface area contributed by atoms with E-state index in [9.17, 15) is 22.8 Å². The minimum Gasteiger partial charge on any atom is -0.495 e. The van der Waals surface area contributed by atoms with E-state index < -0.39 is 23.2 Å². The van der Waals surface area contributed by atoms with E-state index in [4.69, 9.17) is 21.4 Å². The van der Waals surface area contributed by atoms with Gasteiger partial charge in [0.1, 0.15) is 5.76 Å². The zero-order valence-electron chi connectivity index (χ0n) is 15.0. The number of thiophene rings is 1. The maximum absolute atomic E-state index is 12.9. The topological polar surface area (TPSA) is 85.2 Å². The fourth-order valence-corrected chi connectivity index (χ4v) is 4.34. The van der Waals surface area contributed by atoms with Gasteiger partial charge in [-0.05, 0) is 24.6 Å². The monoisotopic (exact) mass is 447 g/mol. The van der Waals surface area contributed by atoms with Gasteiger partial charge in [0.05, 0.1) is 34.7 Å². The van der Waals surface area contributed by atoms with Crippen LogP contribution in [0.1, 0.15) is 29.4 Å². The summed E-state index contributed by atoms with van der Waals surface area (Å²) >= 11 is 6.95. The van der Waals surface area contributed by atoms with Gasteiger partial charge in [0.2, 0.25) is 5.78 Å². The fraction of sp³-hybridized carbons (Fsp3) is 0.278. The predicted octanol–water partition coefficient (Wildman–Crippen LogP) is 4.83. The Balaban J connectivity index is 1.99. The molecule has 0 aromatic carbocycles. The van der Waals surface area contributed by atoms with Crippen LogP contribution in [0.4, 0.5) is 13.2 Å². The molecule has 2 heterocycles. The first-order chi connectivity index (χ1) is 13.5. The summed E-state index contributed by atoms with van der Waals surface area (Å²) in [6.45, 7) is 1.63. The molecule has 0 bridgehead atoms. The summed E-state index contributed by atoms with van der Waals surface area (Å²) < 4.78 is 46.2. The number of aliphatic imine (C=N–C) groups is 1. The maximum Gasteiger partial charge on any atom is 0.573 e. The summed E-state index contributed by atoms with van der Waals surface area (Å²) in [7, 11) is 1.29. The van der Waals surface area contributed by atoms with Crippen LogP contribution in [0, 0.1) is 0 Å². The van der Waals surface area contributed by atoms with Crippen molar-refractivity contribution >= 4 is 40.4 Å². The standard InChI is InChI=1S/C18H13ClF3NO5S/c1-7-8(6-12(24)25)14-10(23-7)5-9(17(27-2)15(14)19)16(26)11-3-4-13(29-11)28-18(20,21)22/h3-4H,5-6H2,1-2H3,(H,24,25). The Morgan fingerprint density at radius 3 is 2.62 bits per heavy atom. The second-order valence-electron chi connectivity index (χ2n) is 6.07. The number of carboxylic acid groups (broad SMARTS) is 1. The summed E-state index contributed by atoms with van der Waals surface area (Å²) in [6, 6.07) is 2.27. The molecule has 0 unspecified atom stereocenters. The number of hydrogen-bond donors (Lipinski definition) is 1. The van der Waals surface area contributed by atoms with Crippen LogP contribution in [-0.2, 0) is 9.53 Å². The Bertz CT molecular complexity index is 1030. The van der Waals surface area contributed by atoms with E-state index in [2.05, 4.69) is 9.73 Å². The lowest BCUT2D eigenvalue weighted by atomic mass is 9.88. The molecule has 1 aromatic heterocycles. The second kappa shape index (κ2) is 7.68. The van der Waals surface area contributed by atoms with Crippen molar-refractivity contribution in [2.75, 3.05) is 7.11 Å². The smallest absolute Gasteiger partial charge is 0.495 e. The molecular weight excluding hydrogens is 435 g/mol. The average molecular weight is 448 g/mol. The van der Waals surface area contributed by atoms with E-state index in [-0.39, 0.29) is 34.1 Å². The van der Waals surface area contributed by atoms with Crippen LogP contribution in [-0.4, -0.2) is 36.0 Å². The Kier molecular flexibility index (Phi) is 5.59. The highest BCUT2D eigenvalue weighted by Crippen LogP contribution is 2.43. The van der Waals surface area contributed by atoms with E-state index in [0.717, 1.165) is 6.07 Å². The Morgan fingerprint density at radius 2 is 2.03 bits per heavy atom. The highest BCUT2D eigenvalue weighted by Gasteiger charge is 2.37. The molecule has 0 fully saturated rings. The highest BCUT2D eigenvalue weighted by molar-refractivity contribution is 7.16.